The van der Waals surface area contributed by atoms with E-state index in [1.165, 1.54) is 24.8 Å². The van der Waals surface area contributed by atoms with Crippen LogP contribution >= 0.6 is 0 Å². The molecule has 1 aromatic carbocycles. The Morgan fingerprint density at radius 2 is 2.11 bits per heavy atom. The normalized spacial score (nSPS) is 15.3. The average molecular weight is 256 g/mol. The van der Waals surface area contributed by atoms with Gasteiger partial charge in [-0.25, -0.2) is 0 Å². The van der Waals surface area contributed by atoms with Gasteiger partial charge in [-0.3, -0.25) is 0 Å². The van der Waals surface area contributed by atoms with Crippen molar-refractivity contribution in [1.29, 1.82) is 5.26 Å². The lowest BCUT2D eigenvalue weighted by atomic mass is 10.0. The Kier molecular flexibility index (Phi) is 4.99. The van der Waals surface area contributed by atoms with Gasteiger partial charge in [-0.1, -0.05) is 25.1 Å². The lowest BCUT2D eigenvalue weighted by Crippen LogP contribution is -2.27. The van der Waals surface area contributed by atoms with E-state index in [1.54, 1.807) is 11.1 Å². The van der Waals surface area contributed by atoms with Crippen molar-refractivity contribution in [3.63, 3.8) is 0 Å². The predicted molar refractivity (Wildman–Crippen MR) is 79.1 cm³/mol. The number of likely N-dealkylation sites (N-methyl/N-ethyl adjacent to an activating group) is 1. The molecule has 0 saturated carbocycles. The van der Waals surface area contributed by atoms with Crippen molar-refractivity contribution in [2.75, 3.05) is 20.1 Å². The third-order valence-electron chi connectivity index (χ3n) is 4.15. The molecule has 19 heavy (non-hydrogen) atoms. The lowest BCUT2D eigenvalue weighted by molar-refractivity contribution is 0.303. The molecule has 0 saturated heterocycles. The summed E-state index contributed by atoms with van der Waals surface area (Å²) in [6.07, 6.45) is 5.87. The first-order chi connectivity index (χ1) is 9.22. The van der Waals surface area contributed by atoms with E-state index in [2.05, 4.69) is 43.1 Å². The summed E-state index contributed by atoms with van der Waals surface area (Å²) in [5.41, 5.74) is 4.55. The van der Waals surface area contributed by atoms with Crippen molar-refractivity contribution in [3.05, 3.63) is 34.9 Å². The number of fused-ring (bicyclic) bond motifs is 1. The molecule has 0 N–H and O–H groups in total. The molecule has 2 rings (SSSR count). The van der Waals surface area contributed by atoms with Crippen LogP contribution in [0.5, 0.6) is 0 Å². The number of nitrogens with zero attached hydrogens (tertiary/aromatic N) is 2. The van der Waals surface area contributed by atoms with E-state index in [4.69, 9.17) is 5.26 Å². The highest BCUT2D eigenvalue weighted by atomic mass is 15.1. The third-order valence-corrected chi connectivity index (χ3v) is 4.15. The molecule has 0 aliphatic heterocycles. The summed E-state index contributed by atoms with van der Waals surface area (Å²) in [5.74, 6) is 0.171. The van der Waals surface area contributed by atoms with Gasteiger partial charge >= 0.3 is 0 Å². The van der Waals surface area contributed by atoms with Gasteiger partial charge in [-0.2, -0.15) is 5.26 Å². The number of hydrogen-bond acceptors (Lipinski definition) is 2. The first-order valence-corrected chi connectivity index (χ1v) is 7.41. The smallest absolute Gasteiger partial charge is 0.0669 e. The predicted octanol–water partition coefficient (Wildman–Crippen LogP) is 3.20. The van der Waals surface area contributed by atoms with Gasteiger partial charge in [-0.15, -0.1) is 0 Å². The quantitative estimate of drug-likeness (QED) is 0.781. The summed E-state index contributed by atoms with van der Waals surface area (Å²) in [5, 5.41) is 8.99. The second-order valence-corrected chi connectivity index (χ2v) is 5.70. The maximum atomic E-state index is 8.99. The molecule has 0 radical (unpaired) electrons. The van der Waals surface area contributed by atoms with Crippen molar-refractivity contribution >= 4 is 0 Å². The van der Waals surface area contributed by atoms with Crippen LogP contribution in [0.3, 0.4) is 0 Å². The molecule has 0 amide bonds. The first kappa shape index (κ1) is 14.1. The number of hydrogen-bond donors (Lipinski definition) is 0. The fraction of sp³-hybridized carbons (Fsp3) is 0.588. The van der Waals surface area contributed by atoms with Crippen LogP contribution in [-0.2, 0) is 19.3 Å². The second-order valence-electron chi connectivity index (χ2n) is 5.70. The Morgan fingerprint density at radius 1 is 1.32 bits per heavy atom. The molecule has 2 nitrogen and oxygen atoms in total. The van der Waals surface area contributed by atoms with Crippen LogP contribution < -0.4 is 0 Å². The van der Waals surface area contributed by atoms with Crippen LogP contribution in [0.4, 0.5) is 0 Å². The van der Waals surface area contributed by atoms with Gasteiger partial charge in [0.1, 0.15) is 0 Å². The summed E-state index contributed by atoms with van der Waals surface area (Å²) in [4.78, 5) is 2.28. The van der Waals surface area contributed by atoms with Crippen LogP contribution in [0.15, 0.2) is 18.2 Å². The highest BCUT2D eigenvalue weighted by molar-refractivity contribution is 5.35. The Bertz CT molecular complexity index is 459. The second kappa shape index (κ2) is 6.73. The Morgan fingerprint density at radius 3 is 2.84 bits per heavy atom. The molecule has 2 heteroatoms. The van der Waals surface area contributed by atoms with Crippen LogP contribution in [0, 0.1) is 17.2 Å². The summed E-state index contributed by atoms with van der Waals surface area (Å²) < 4.78 is 0. The molecule has 1 aliphatic carbocycles. The monoisotopic (exact) mass is 256 g/mol. The zero-order chi connectivity index (χ0) is 13.7. The summed E-state index contributed by atoms with van der Waals surface area (Å²) in [6, 6.07) is 9.34. The first-order valence-electron chi connectivity index (χ1n) is 7.41. The van der Waals surface area contributed by atoms with Crippen molar-refractivity contribution in [2.24, 2.45) is 5.92 Å². The van der Waals surface area contributed by atoms with Crippen molar-refractivity contribution < 1.29 is 0 Å². The summed E-state index contributed by atoms with van der Waals surface area (Å²) >= 11 is 0. The molecule has 0 spiro atoms. The number of nitriles is 1. The van der Waals surface area contributed by atoms with E-state index < -0.39 is 0 Å². The molecule has 0 bridgehead atoms. The van der Waals surface area contributed by atoms with E-state index in [9.17, 15) is 0 Å². The fourth-order valence-corrected chi connectivity index (χ4v) is 2.83. The number of benzene rings is 1. The van der Waals surface area contributed by atoms with E-state index in [1.807, 2.05) is 0 Å². The fourth-order valence-electron chi connectivity index (χ4n) is 2.83. The van der Waals surface area contributed by atoms with Gasteiger partial charge in [0, 0.05) is 13.1 Å². The van der Waals surface area contributed by atoms with Crippen molar-refractivity contribution in [2.45, 2.75) is 39.0 Å². The van der Waals surface area contributed by atoms with E-state index in [0.717, 1.165) is 25.9 Å². The standard InChI is InChI=1S/C17H24N2/c1-3-14(12-18)13-19(2)10-9-15-7-8-16-5-4-6-17(16)11-15/h7-8,11,14H,3-6,9-10,13H2,1-2H3. The minimum Gasteiger partial charge on any atom is -0.305 e. The van der Waals surface area contributed by atoms with E-state index in [0.29, 0.717) is 0 Å². The summed E-state index contributed by atoms with van der Waals surface area (Å²) in [6.45, 7) is 4.01. The van der Waals surface area contributed by atoms with Gasteiger partial charge in [0.15, 0.2) is 0 Å². The van der Waals surface area contributed by atoms with Gasteiger partial charge < -0.3 is 4.90 Å². The van der Waals surface area contributed by atoms with Gasteiger partial charge in [-0.05, 0) is 55.8 Å². The van der Waals surface area contributed by atoms with Crippen LogP contribution in [0.2, 0.25) is 0 Å². The van der Waals surface area contributed by atoms with E-state index >= 15 is 0 Å². The highest BCUT2D eigenvalue weighted by Gasteiger charge is 2.12. The molecule has 1 aliphatic rings. The molecule has 1 atom stereocenters. The number of rotatable bonds is 6. The van der Waals surface area contributed by atoms with Gasteiger partial charge in [0.25, 0.3) is 0 Å². The van der Waals surface area contributed by atoms with E-state index in [-0.39, 0.29) is 5.92 Å². The number of aryl methyl sites for hydroxylation is 2. The zero-order valence-corrected chi connectivity index (χ0v) is 12.2. The third kappa shape index (κ3) is 3.81. The maximum absolute atomic E-state index is 8.99. The minimum atomic E-state index is 0.171. The van der Waals surface area contributed by atoms with Gasteiger partial charge in [0.05, 0.1) is 12.0 Å². The topological polar surface area (TPSA) is 27.0 Å². The Balaban J connectivity index is 1.84. The molecule has 0 aromatic heterocycles. The summed E-state index contributed by atoms with van der Waals surface area (Å²) in [7, 11) is 2.12. The molecular formula is C17H24N2. The maximum Gasteiger partial charge on any atom is 0.0669 e. The van der Waals surface area contributed by atoms with Crippen molar-refractivity contribution in [3.8, 4) is 6.07 Å². The average Bonchev–Trinajstić information content (AvgIpc) is 2.89. The lowest BCUT2D eigenvalue weighted by Gasteiger charge is -2.19. The molecule has 0 heterocycles. The van der Waals surface area contributed by atoms with Crippen LogP contribution in [0.1, 0.15) is 36.5 Å². The van der Waals surface area contributed by atoms with Crippen LogP contribution in [0.25, 0.3) is 0 Å². The van der Waals surface area contributed by atoms with Crippen LogP contribution in [-0.4, -0.2) is 25.0 Å². The Hall–Kier alpha value is -1.33. The highest BCUT2D eigenvalue weighted by Crippen LogP contribution is 2.23. The Labute approximate surface area is 117 Å². The molecule has 102 valence electrons. The largest absolute Gasteiger partial charge is 0.305 e. The molecule has 1 unspecified atom stereocenters. The zero-order valence-electron chi connectivity index (χ0n) is 12.2. The molecule has 0 fully saturated rings. The molecular weight excluding hydrogens is 232 g/mol. The molecule has 1 aromatic rings. The SMILES string of the molecule is CCC(C#N)CN(C)CCc1ccc2c(c1)CCC2. The van der Waals surface area contributed by atoms with Gasteiger partial charge in [0.2, 0.25) is 0 Å². The van der Waals surface area contributed by atoms with Crippen molar-refractivity contribution in [1.82, 2.24) is 4.90 Å². The minimum absolute atomic E-state index is 0.171.